The molecule has 0 aromatic carbocycles. The number of allylic oxidation sites excluding steroid dienone is 2. The molecule has 0 radical (unpaired) electrons. The molecule has 0 unspecified atom stereocenters. The zero-order chi connectivity index (χ0) is 18.1. The van der Waals surface area contributed by atoms with E-state index in [0.717, 1.165) is 0 Å². The molecule has 0 aliphatic rings. The molecule has 0 aromatic rings. The fourth-order valence-electron chi connectivity index (χ4n) is 2.59. The molecule has 0 saturated heterocycles. The fraction of sp³-hybridized carbons (Fsp3) is 0.818. The standard InChI is InChI=1S/C12H24S.C10H20S/c1-2-3-4-5-6-7-8-9-10-11-12-13;1-2-3-4-5-6-7-8-9-10-11/h11-13H,2-10H2,1H3;9-11H,2-8H2,1H3. The average Bonchev–Trinajstić information content (AvgIpc) is 2.60. The molecular weight excluding hydrogens is 328 g/mol. The first-order valence-electron chi connectivity index (χ1n) is 10.4. The Kier molecular flexibility index (Phi) is 30.8. The van der Waals surface area contributed by atoms with Crippen LogP contribution in [-0.2, 0) is 0 Å². The summed E-state index contributed by atoms with van der Waals surface area (Å²) in [6, 6.07) is 0. The van der Waals surface area contributed by atoms with Crippen molar-refractivity contribution in [2.45, 2.75) is 117 Å². The molecule has 0 aromatic heterocycles. The molecule has 0 nitrogen and oxygen atoms in total. The van der Waals surface area contributed by atoms with Crippen LogP contribution < -0.4 is 0 Å². The largest absolute Gasteiger partial charge is 0.152 e. The maximum absolute atomic E-state index is 4.02. The third-order valence-corrected chi connectivity index (χ3v) is 4.58. The van der Waals surface area contributed by atoms with E-state index < -0.39 is 0 Å². The number of thiol groups is 2. The number of unbranched alkanes of at least 4 members (excludes halogenated alkanes) is 14. The van der Waals surface area contributed by atoms with Gasteiger partial charge in [-0.25, -0.2) is 0 Å². The summed E-state index contributed by atoms with van der Waals surface area (Å²) in [6.07, 6.45) is 26.2. The van der Waals surface area contributed by atoms with Crippen molar-refractivity contribution in [3.63, 3.8) is 0 Å². The topological polar surface area (TPSA) is 0 Å². The van der Waals surface area contributed by atoms with Gasteiger partial charge in [0.05, 0.1) is 0 Å². The first-order chi connectivity index (χ1) is 11.8. The van der Waals surface area contributed by atoms with Gasteiger partial charge in [-0.3, -0.25) is 0 Å². The second kappa shape index (κ2) is 28.0. The molecule has 0 heterocycles. The van der Waals surface area contributed by atoms with Gasteiger partial charge in [0.1, 0.15) is 0 Å². The van der Waals surface area contributed by atoms with E-state index in [1.807, 2.05) is 10.8 Å². The number of rotatable bonds is 16. The Labute approximate surface area is 164 Å². The predicted molar refractivity (Wildman–Crippen MR) is 121 cm³/mol. The summed E-state index contributed by atoms with van der Waals surface area (Å²) >= 11 is 8.02. The van der Waals surface area contributed by atoms with Crippen LogP contribution in [0.1, 0.15) is 117 Å². The Morgan fingerprint density at radius 2 is 0.750 bits per heavy atom. The van der Waals surface area contributed by atoms with Gasteiger partial charge in [0, 0.05) is 0 Å². The SMILES string of the molecule is CCCCCCCCC=CS.CCCCCCCCCCC=CS. The predicted octanol–water partition coefficient (Wildman–Crippen LogP) is 9.14. The molecule has 2 heteroatoms. The maximum atomic E-state index is 4.02. The summed E-state index contributed by atoms with van der Waals surface area (Å²) in [4.78, 5) is 0. The van der Waals surface area contributed by atoms with Crippen LogP contribution in [0.5, 0.6) is 0 Å². The Hall–Kier alpha value is 0.180. The molecule has 0 saturated carbocycles. The summed E-state index contributed by atoms with van der Waals surface area (Å²) < 4.78 is 0. The molecule has 0 N–H and O–H groups in total. The van der Waals surface area contributed by atoms with Crippen molar-refractivity contribution < 1.29 is 0 Å². The Bertz CT molecular complexity index is 246. The molecule has 144 valence electrons. The molecule has 0 fully saturated rings. The van der Waals surface area contributed by atoms with Crippen molar-refractivity contribution in [1.29, 1.82) is 0 Å². The van der Waals surface area contributed by atoms with Crippen LogP contribution in [0.3, 0.4) is 0 Å². The first kappa shape index (κ1) is 26.4. The quantitative estimate of drug-likeness (QED) is 0.196. The van der Waals surface area contributed by atoms with Crippen molar-refractivity contribution in [2.24, 2.45) is 0 Å². The highest BCUT2D eigenvalue weighted by atomic mass is 32.1. The van der Waals surface area contributed by atoms with Crippen LogP contribution in [0.15, 0.2) is 23.0 Å². The lowest BCUT2D eigenvalue weighted by molar-refractivity contribution is 0.578. The van der Waals surface area contributed by atoms with Gasteiger partial charge >= 0.3 is 0 Å². The Balaban J connectivity index is 0. The summed E-state index contributed by atoms with van der Waals surface area (Å²) in [5.74, 6) is 0. The lowest BCUT2D eigenvalue weighted by Gasteiger charge is -1.99. The average molecular weight is 373 g/mol. The summed E-state index contributed by atoms with van der Waals surface area (Å²) in [7, 11) is 0. The van der Waals surface area contributed by atoms with Gasteiger partial charge in [-0.2, -0.15) is 25.3 Å². The minimum atomic E-state index is 1.20. The van der Waals surface area contributed by atoms with E-state index in [1.165, 1.54) is 103 Å². The lowest BCUT2D eigenvalue weighted by Crippen LogP contribution is -1.79. The minimum Gasteiger partial charge on any atom is -0.152 e. The van der Waals surface area contributed by atoms with E-state index in [-0.39, 0.29) is 0 Å². The van der Waals surface area contributed by atoms with E-state index in [2.05, 4.69) is 51.3 Å². The zero-order valence-corrected chi connectivity index (χ0v) is 18.3. The van der Waals surface area contributed by atoms with Crippen LogP contribution in [0.4, 0.5) is 0 Å². The second-order valence-corrected chi connectivity index (χ2v) is 7.19. The molecule has 0 atom stereocenters. The molecule has 0 aliphatic carbocycles. The molecule has 24 heavy (non-hydrogen) atoms. The van der Waals surface area contributed by atoms with Crippen molar-refractivity contribution in [2.75, 3.05) is 0 Å². The highest BCUT2D eigenvalue weighted by molar-refractivity contribution is 7.83. The summed E-state index contributed by atoms with van der Waals surface area (Å²) in [5, 5.41) is 3.69. The lowest BCUT2D eigenvalue weighted by atomic mass is 10.1. The van der Waals surface area contributed by atoms with Crippen LogP contribution in [0, 0.1) is 0 Å². The maximum Gasteiger partial charge on any atom is -0.0343 e. The fourth-order valence-corrected chi connectivity index (χ4v) is 2.89. The van der Waals surface area contributed by atoms with Gasteiger partial charge in [0.15, 0.2) is 0 Å². The van der Waals surface area contributed by atoms with Crippen molar-refractivity contribution >= 4 is 25.3 Å². The van der Waals surface area contributed by atoms with Crippen LogP contribution in [0.2, 0.25) is 0 Å². The molecule has 0 aliphatic heterocycles. The zero-order valence-electron chi connectivity index (χ0n) is 16.5. The van der Waals surface area contributed by atoms with E-state index in [0.29, 0.717) is 0 Å². The molecule has 0 rings (SSSR count). The van der Waals surface area contributed by atoms with E-state index in [9.17, 15) is 0 Å². The summed E-state index contributed by atoms with van der Waals surface area (Å²) in [5.41, 5.74) is 0. The highest BCUT2D eigenvalue weighted by Crippen LogP contribution is 2.09. The van der Waals surface area contributed by atoms with Gasteiger partial charge in [0.25, 0.3) is 0 Å². The Morgan fingerprint density at radius 3 is 1.04 bits per heavy atom. The van der Waals surface area contributed by atoms with Gasteiger partial charge in [-0.05, 0) is 36.5 Å². The van der Waals surface area contributed by atoms with Gasteiger partial charge in [-0.15, -0.1) is 0 Å². The van der Waals surface area contributed by atoms with Gasteiger partial charge in [0.2, 0.25) is 0 Å². The van der Waals surface area contributed by atoms with Crippen molar-refractivity contribution in [3.8, 4) is 0 Å². The Morgan fingerprint density at radius 1 is 0.458 bits per heavy atom. The highest BCUT2D eigenvalue weighted by Gasteiger charge is 1.90. The molecule has 0 spiro atoms. The number of hydrogen-bond donors (Lipinski definition) is 2. The van der Waals surface area contributed by atoms with Crippen molar-refractivity contribution in [3.05, 3.63) is 23.0 Å². The molecule has 0 bridgehead atoms. The molecule has 0 amide bonds. The van der Waals surface area contributed by atoms with E-state index >= 15 is 0 Å². The smallest absolute Gasteiger partial charge is 0.0343 e. The summed E-state index contributed by atoms with van der Waals surface area (Å²) in [6.45, 7) is 4.52. The van der Waals surface area contributed by atoms with E-state index in [1.54, 1.807) is 0 Å². The molecular formula is C22H44S2. The van der Waals surface area contributed by atoms with Crippen LogP contribution in [-0.4, -0.2) is 0 Å². The second-order valence-electron chi connectivity index (χ2n) is 6.59. The monoisotopic (exact) mass is 372 g/mol. The minimum absolute atomic E-state index is 1.20. The van der Waals surface area contributed by atoms with Gasteiger partial charge < -0.3 is 0 Å². The van der Waals surface area contributed by atoms with Gasteiger partial charge in [-0.1, -0.05) is 103 Å². The first-order valence-corrected chi connectivity index (χ1v) is 11.4. The third-order valence-electron chi connectivity index (χ3n) is 4.16. The van der Waals surface area contributed by atoms with Crippen LogP contribution in [0.25, 0.3) is 0 Å². The third kappa shape index (κ3) is 30.1. The normalized spacial score (nSPS) is 11.2. The van der Waals surface area contributed by atoms with Crippen molar-refractivity contribution in [1.82, 2.24) is 0 Å². The number of hydrogen-bond acceptors (Lipinski definition) is 2. The van der Waals surface area contributed by atoms with Crippen LogP contribution >= 0.6 is 25.3 Å². The van der Waals surface area contributed by atoms with E-state index in [4.69, 9.17) is 0 Å².